The average Bonchev–Trinajstić information content (AvgIpc) is 2.56. The fourth-order valence-electron chi connectivity index (χ4n) is 1.06. The van der Waals surface area contributed by atoms with Crippen molar-refractivity contribution in [2.75, 3.05) is 0 Å². The summed E-state index contributed by atoms with van der Waals surface area (Å²) in [5, 5.41) is 17.4. The minimum atomic E-state index is -1.49. The minimum absolute atomic E-state index is 0.174. The van der Waals surface area contributed by atoms with Crippen LogP contribution in [0.25, 0.3) is 0 Å². The Morgan fingerprint density at radius 3 is 2.43 bits per heavy atom. The van der Waals surface area contributed by atoms with Crippen molar-refractivity contribution < 1.29 is 19.8 Å². The molecule has 0 saturated heterocycles. The number of carbonyl (C=O) groups is 2. The third kappa shape index (κ3) is 1.88. The van der Waals surface area contributed by atoms with Crippen LogP contribution in [0.1, 0.15) is 11.6 Å². The molecule has 0 aromatic carbocycles. The number of hydrogen-bond donors (Lipinski definition) is 4. The Morgan fingerprint density at radius 1 is 1.43 bits per heavy atom. The largest absolute Gasteiger partial charge is 0.481 e. The molecule has 0 radical (unpaired) electrons. The van der Waals surface area contributed by atoms with Gasteiger partial charge in [-0.2, -0.15) is 0 Å². The van der Waals surface area contributed by atoms with Crippen LogP contribution in [0, 0.1) is 0 Å². The molecule has 0 saturated carbocycles. The zero-order chi connectivity index (χ0) is 10.7. The first-order valence-corrected chi connectivity index (χ1v) is 3.73. The predicted molar refractivity (Wildman–Crippen MR) is 44.6 cm³/mol. The molecule has 5 N–H and O–H groups in total. The van der Waals surface area contributed by atoms with Gasteiger partial charge in [0.25, 0.3) is 0 Å². The monoisotopic (exact) mass is 199 g/mol. The van der Waals surface area contributed by atoms with E-state index in [2.05, 4.69) is 9.97 Å². The summed E-state index contributed by atoms with van der Waals surface area (Å²) in [5.41, 5.74) is 5.40. The number of carboxylic acids is 2. The van der Waals surface area contributed by atoms with Crippen LogP contribution >= 0.6 is 0 Å². The van der Waals surface area contributed by atoms with Gasteiger partial charge in [0.15, 0.2) is 0 Å². The van der Waals surface area contributed by atoms with Crippen molar-refractivity contribution in [3.8, 4) is 0 Å². The van der Waals surface area contributed by atoms with Crippen molar-refractivity contribution in [2.45, 2.75) is 12.0 Å². The minimum Gasteiger partial charge on any atom is -0.481 e. The van der Waals surface area contributed by atoms with E-state index in [-0.39, 0.29) is 5.69 Å². The molecule has 76 valence electrons. The van der Waals surface area contributed by atoms with Crippen LogP contribution in [0.5, 0.6) is 0 Å². The molecule has 0 bridgehead atoms. The number of imidazole rings is 1. The molecule has 7 heteroatoms. The topological polar surface area (TPSA) is 129 Å². The number of aromatic amines is 1. The van der Waals surface area contributed by atoms with E-state index in [1.54, 1.807) is 0 Å². The Labute approximate surface area is 78.6 Å². The fraction of sp³-hybridized carbons (Fsp3) is 0.286. The van der Waals surface area contributed by atoms with Crippen LogP contribution in [0.15, 0.2) is 12.5 Å². The molecule has 0 spiro atoms. The van der Waals surface area contributed by atoms with Gasteiger partial charge >= 0.3 is 11.9 Å². The number of nitrogens with zero attached hydrogens (tertiary/aromatic N) is 1. The smallest absolute Gasteiger partial charge is 0.321 e. The molecule has 0 aliphatic rings. The summed E-state index contributed by atoms with van der Waals surface area (Å²) in [6, 6.07) is -1.49. The number of aromatic nitrogens is 2. The zero-order valence-electron chi connectivity index (χ0n) is 7.04. The van der Waals surface area contributed by atoms with E-state index in [1.807, 2.05) is 0 Å². The van der Waals surface area contributed by atoms with Crippen LogP contribution < -0.4 is 5.73 Å². The van der Waals surface area contributed by atoms with Crippen molar-refractivity contribution in [3.63, 3.8) is 0 Å². The first-order valence-electron chi connectivity index (χ1n) is 3.73. The molecule has 0 aliphatic carbocycles. The highest BCUT2D eigenvalue weighted by atomic mass is 16.4. The van der Waals surface area contributed by atoms with Gasteiger partial charge in [-0.15, -0.1) is 0 Å². The highest BCUT2D eigenvalue weighted by molar-refractivity contribution is 5.86. The predicted octanol–water partition coefficient (Wildman–Crippen LogP) is -1.01. The third-order valence-corrected chi connectivity index (χ3v) is 1.76. The Hall–Kier alpha value is -1.89. The Morgan fingerprint density at radius 2 is 2.07 bits per heavy atom. The number of hydrogen-bond acceptors (Lipinski definition) is 4. The molecule has 1 aromatic rings. The third-order valence-electron chi connectivity index (χ3n) is 1.76. The Bertz CT molecular complexity index is 335. The Kier molecular flexibility index (Phi) is 2.82. The maximum atomic E-state index is 10.8. The normalized spacial score (nSPS) is 14.6. The molecule has 0 amide bonds. The second-order valence-corrected chi connectivity index (χ2v) is 2.69. The summed E-state index contributed by atoms with van der Waals surface area (Å²) in [7, 11) is 0. The molecular formula is C7H9N3O4. The Balaban J connectivity index is 2.97. The van der Waals surface area contributed by atoms with Crippen molar-refractivity contribution in [3.05, 3.63) is 18.2 Å². The van der Waals surface area contributed by atoms with Gasteiger partial charge in [-0.25, -0.2) is 4.98 Å². The molecule has 2 unspecified atom stereocenters. The number of H-pyrrole nitrogens is 1. The van der Waals surface area contributed by atoms with E-state index in [0.717, 1.165) is 0 Å². The molecule has 14 heavy (non-hydrogen) atoms. The summed E-state index contributed by atoms with van der Waals surface area (Å²) >= 11 is 0. The van der Waals surface area contributed by atoms with E-state index in [9.17, 15) is 9.59 Å². The van der Waals surface area contributed by atoms with Gasteiger partial charge in [0, 0.05) is 6.20 Å². The van der Waals surface area contributed by atoms with E-state index in [4.69, 9.17) is 15.9 Å². The lowest BCUT2D eigenvalue weighted by molar-refractivity contribution is -0.146. The number of aliphatic carboxylic acids is 2. The van der Waals surface area contributed by atoms with Gasteiger partial charge in [0.05, 0.1) is 12.0 Å². The van der Waals surface area contributed by atoms with Gasteiger partial charge in [-0.05, 0) is 0 Å². The maximum absolute atomic E-state index is 10.8. The van der Waals surface area contributed by atoms with Crippen molar-refractivity contribution in [1.29, 1.82) is 0 Å². The van der Waals surface area contributed by atoms with Crippen molar-refractivity contribution in [1.82, 2.24) is 9.97 Å². The van der Waals surface area contributed by atoms with Crippen LogP contribution in [0.3, 0.4) is 0 Å². The van der Waals surface area contributed by atoms with Crippen LogP contribution in [0.4, 0.5) is 0 Å². The summed E-state index contributed by atoms with van der Waals surface area (Å²) in [4.78, 5) is 27.4. The molecule has 0 fully saturated rings. The molecule has 7 nitrogen and oxygen atoms in total. The van der Waals surface area contributed by atoms with E-state index in [1.165, 1.54) is 12.5 Å². The summed E-state index contributed by atoms with van der Waals surface area (Å²) < 4.78 is 0. The number of nitrogens with two attached hydrogens (primary N) is 1. The lowest BCUT2D eigenvalue weighted by Crippen LogP contribution is -2.40. The molecule has 1 aromatic heterocycles. The van der Waals surface area contributed by atoms with Crippen LogP contribution in [-0.4, -0.2) is 38.2 Å². The highest BCUT2D eigenvalue weighted by Crippen LogP contribution is 2.16. The van der Waals surface area contributed by atoms with Crippen molar-refractivity contribution in [2.24, 2.45) is 5.73 Å². The van der Waals surface area contributed by atoms with Crippen LogP contribution in [0.2, 0.25) is 0 Å². The zero-order valence-corrected chi connectivity index (χ0v) is 7.04. The second kappa shape index (κ2) is 3.88. The van der Waals surface area contributed by atoms with Gasteiger partial charge < -0.3 is 20.9 Å². The van der Waals surface area contributed by atoms with Gasteiger partial charge in [0.2, 0.25) is 0 Å². The summed E-state index contributed by atoms with van der Waals surface area (Å²) in [6.07, 6.45) is 2.50. The van der Waals surface area contributed by atoms with Gasteiger partial charge in [-0.1, -0.05) is 0 Å². The van der Waals surface area contributed by atoms with E-state index < -0.39 is 23.9 Å². The molecule has 0 aliphatic heterocycles. The summed E-state index contributed by atoms with van der Waals surface area (Å²) in [5.74, 6) is -3.98. The quantitative estimate of drug-likeness (QED) is 0.491. The molecule has 1 heterocycles. The first-order chi connectivity index (χ1) is 6.54. The molecular weight excluding hydrogens is 190 g/mol. The van der Waals surface area contributed by atoms with E-state index >= 15 is 0 Å². The average molecular weight is 199 g/mol. The van der Waals surface area contributed by atoms with Crippen molar-refractivity contribution >= 4 is 11.9 Å². The number of carboxylic acid groups (broad SMARTS) is 2. The molecule has 1 rings (SSSR count). The maximum Gasteiger partial charge on any atom is 0.321 e. The lowest BCUT2D eigenvalue weighted by atomic mass is 9.98. The number of rotatable bonds is 4. The fourth-order valence-corrected chi connectivity index (χ4v) is 1.06. The first kappa shape index (κ1) is 10.2. The number of nitrogens with one attached hydrogen (secondary N) is 1. The summed E-state index contributed by atoms with van der Waals surface area (Å²) in [6.45, 7) is 0. The standard InChI is InChI=1S/C7H9N3O4/c8-5(7(13)14)4(6(11)12)3-1-9-2-10-3/h1-2,4-5H,8H2,(H,9,10)(H,11,12)(H,13,14). The van der Waals surface area contributed by atoms with Gasteiger partial charge in [-0.3, -0.25) is 9.59 Å². The SMILES string of the molecule is NC(C(=O)O)C(C(=O)O)c1cnc[nH]1. The van der Waals surface area contributed by atoms with Gasteiger partial charge in [0.1, 0.15) is 12.0 Å². The lowest BCUT2D eigenvalue weighted by Gasteiger charge is -2.14. The second-order valence-electron chi connectivity index (χ2n) is 2.69. The molecule has 2 atom stereocenters. The van der Waals surface area contributed by atoms with Crippen LogP contribution in [-0.2, 0) is 9.59 Å². The highest BCUT2D eigenvalue weighted by Gasteiger charge is 2.33. The van der Waals surface area contributed by atoms with E-state index in [0.29, 0.717) is 0 Å².